The molecule has 0 saturated carbocycles. The van der Waals surface area contributed by atoms with E-state index in [2.05, 4.69) is 38.2 Å². The number of ether oxygens (including phenoxy) is 1. The van der Waals surface area contributed by atoms with Crippen LogP contribution in [0.25, 0.3) is 17.0 Å². The first-order chi connectivity index (χ1) is 16.3. The number of hydrogen-bond donors (Lipinski definition) is 1. The molecule has 0 saturated heterocycles. The highest BCUT2D eigenvalue weighted by Gasteiger charge is 2.23. The Morgan fingerprint density at radius 2 is 1.59 bits per heavy atom. The molecule has 172 valence electrons. The van der Waals surface area contributed by atoms with Gasteiger partial charge in [-0.3, -0.25) is 9.59 Å². The Morgan fingerprint density at radius 3 is 2.24 bits per heavy atom. The van der Waals surface area contributed by atoms with Crippen molar-refractivity contribution in [3.05, 3.63) is 101 Å². The zero-order valence-corrected chi connectivity index (χ0v) is 19.7. The van der Waals surface area contributed by atoms with E-state index in [0.29, 0.717) is 28.0 Å². The van der Waals surface area contributed by atoms with Crippen molar-refractivity contribution in [1.29, 1.82) is 0 Å². The average Bonchev–Trinajstić information content (AvgIpc) is 3.20. The van der Waals surface area contributed by atoms with Crippen molar-refractivity contribution in [1.82, 2.24) is 0 Å². The fourth-order valence-corrected chi connectivity index (χ4v) is 3.63. The molecule has 5 nitrogen and oxygen atoms in total. The number of para-hydroxylation sites is 1. The molecule has 0 aliphatic carbocycles. The Hall–Kier alpha value is -4.12. The predicted molar refractivity (Wildman–Crippen MR) is 135 cm³/mol. The van der Waals surface area contributed by atoms with Crippen LogP contribution in [0.1, 0.15) is 48.0 Å². The van der Waals surface area contributed by atoms with Gasteiger partial charge in [-0.25, -0.2) is 0 Å². The number of furan rings is 1. The molecular formula is C29H27NO4. The van der Waals surface area contributed by atoms with Gasteiger partial charge in [-0.2, -0.15) is 0 Å². The van der Waals surface area contributed by atoms with Gasteiger partial charge in [0, 0.05) is 17.0 Å². The summed E-state index contributed by atoms with van der Waals surface area (Å²) in [5.74, 6) is 0.0594. The zero-order chi connectivity index (χ0) is 24.3. The number of amides is 1. The molecule has 0 aliphatic rings. The minimum atomic E-state index is -0.352. The minimum Gasteiger partial charge on any atom is -0.497 e. The third-order valence-electron chi connectivity index (χ3n) is 5.61. The molecule has 1 N–H and O–H groups in total. The highest BCUT2D eigenvalue weighted by Crippen LogP contribution is 2.33. The van der Waals surface area contributed by atoms with Crippen molar-refractivity contribution in [3.8, 4) is 5.75 Å². The summed E-state index contributed by atoms with van der Waals surface area (Å²) in [6, 6.07) is 22.1. The standard InChI is InChI=1S/C29H27NO4/c1-29(2,3)21-14-9-19(10-15-21)11-18-25(31)30-26-23-7-5-6-8-24(23)34-28(26)27(32)20-12-16-22(33-4)17-13-20/h5-18H,1-4H3,(H,30,31)/b18-11+. The van der Waals surface area contributed by atoms with E-state index in [0.717, 1.165) is 5.56 Å². The van der Waals surface area contributed by atoms with Gasteiger partial charge in [0.1, 0.15) is 11.3 Å². The van der Waals surface area contributed by atoms with Crippen molar-refractivity contribution in [2.75, 3.05) is 12.4 Å². The summed E-state index contributed by atoms with van der Waals surface area (Å²) in [5, 5.41) is 3.51. The predicted octanol–water partition coefficient (Wildman–Crippen LogP) is 6.62. The SMILES string of the molecule is COc1ccc(C(=O)c2oc3ccccc3c2NC(=O)/C=C/c2ccc(C(C)(C)C)cc2)cc1. The van der Waals surface area contributed by atoms with E-state index < -0.39 is 0 Å². The number of carbonyl (C=O) groups excluding carboxylic acids is 2. The molecule has 0 aliphatic heterocycles. The highest BCUT2D eigenvalue weighted by molar-refractivity contribution is 6.18. The van der Waals surface area contributed by atoms with E-state index in [1.54, 1.807) is 43.5 Å². The van der Waals surface area contributed by atoms with Crippen molar-refractivity contribution < 1.29 is 18.7 Å². The molecule has 0 unspecified atom stereocenters. The first-order valence-electron chi connectivity index (χ1n) is 11.1. The van der Waals surface area contributed by atoms with Crippen LogP contribution in [0.3, 0.4) is 0 Å². The van der Waals surface area contributed by atoms with Crippen molar-refractivity contribution >= 4 is 34.4 Å². The fraction of sp³-hybridized carbons (Fsp3) is 0.172. The Kier molecular flexibility index (Phi) is 6.37. The highest BCUT2D eigenvalue weighted by atomic mass is 16.5. The van der Waals surface area contributed by atoms with Crippen molar-refractivity contribution in [2.45, 2.75) is 26.2 Å². The third-order valence-corrected chi connectivity index (χ3v) is 5.61. The maximum absolute atomic E-state index is 13.2. The van der Waals surface area contributed by atoms with Gasteiger partial charge in [-0.15, -0.1) is 0 Å². The van der Waals surface area contributed by atoms with E-state index in [-0.39, 0.29) is 22.9 Å². The molecule has 1 heterocycles. The first kappa shape index (κ1) is 23.1. The van der Waals surface area contributed by atoms with Gasteiger partial charge in [0.15, 0.2) is 5.76 Å². The van der Waals surface area contributed by atoms with Gasteiger partial charge in [0.05, 0.1) is 12.8 Å². The Labute approximate surface area is 199 Å². The van der Waals surface area contributed by atoms with Crippen LogP contribution in [0.15, 0.2) is 83.3 Å². The second-order valence-electron chi connectivity index (χ2n) is 9.05. The minimum absolute atomic E-state index is 0.0643. The van der Waals surface area contributed by atoms with Gasteiger partial charge >= 0.3 is 0 Å². The summed E-state index contributed by atoms with van der Waals surface area (Å²) in [5.41, 5.74) is 3.51. The molecule has 0 fully saturated rings. The van der Waals surface area contributed by atoms with E-state index in [1.807, 2.05) is 30.3 Å². The summed E-state index contributed by atoms with van der Waals surface area (Å²) in [6.45, 7) is 6.47. The number of nitrogens with one attached hydrogen (secondary N) is 1. The summed E-state index contributed by atoms with van der Waals surface area (Å²) >= 11 is 0. The number of rotatable bonds is 6. The van der Waals surface area contributed by atoms with Crippen LogP contribution in [0.4, 0.5) is 5.69 Å². The topological polar surface area (TPSA) is 68.5 Å². The second kappa shape index (κ2) is 9.40. The maximum atomic E-state index is 13.2. The van der Waals surface area contributed by atoms with Crippen molar-refractivity contribution in [2.24, 2.45) is 0 Å². The van der Waals surface area contributed by atoms with Gasteiger partial charge in [0.2, 0.25) is 11.7 Å². The van der Waals surface area contributed by atoms with E-state index in [4.69, 9.17) is 9.15 Å². The number of methoxy groups -OCH3 is 1. The van der Waals surface area contributed by atoms with E-state index in [1.165, 1.54) is 11.6 Å². The molecule has 0 bridgehead atoms. The van der Waals surface area contributed by atoms with Crippen LogP contribution in [0, 0.1) is 0 Å². The summed E-state index contributed by atoms with van der Waals surface area (Å²) in [7, 11) is 1.57. The first-order valence-corrected chi connectivity index (χ1v) is 11.1. The number of hydrogen-bond acceptors (Lipinski definition) is 4. The number of anilines is 1. The molecule has 1 amide bonds. The van der Waals surface area contributed by atoms with Gasteiger partial charge in [-0.1, -0.05) is 57.2 Å². The van der Waals surface area contributed by atoms with Crippen LogP contribution >= 0.6 is 0 Å². The van der Waals surface area contributed by atoms with Crippen LogP contribution in [0.5, 0.6) is 5.75 Å². The lowest BCUT2D eigenvalue weighted by Gasteiger charge is -2.18. The van der Waals surface area contributed by atoms with Crippen LogP contribution < -0.4 is 10.1 Å². The number of benzene rings is 3. The van der Waals surface area contributed by atoms with E-state index in [9.17, 15) is 9.59 Å². The number of fused-ring (bicyclic) bond motifs is 1. The Balaban J connectivity index is 1.60. The molecule has 1 aromatic heterocycles. The molecule has 4 aromatic rings. The van der Waals surface area contributed by atoms with Crippen LogP contribution in [0.2, 0.25) is 0 Å². The molecular weight excluding hydrogens is 426 g/mol. The molecule has 5 heteroatoms. The van der Waals surface area contributed by atoms with Crippen molar-refractivity contribution in [3.63, 3.8) is 0 Å². The summed E-state index contributed by atoms with van der Waals surface area (Å²) in [6.07, 6.45) is 3.20. The lowest BCUT2D eigenvalue weighted by molar-refractivity contribution is -0.111. The number of ketones is 1. The van der Waals surface area contributed by atoms with Gasteiger partial charge in [-0.05, 0) is 59.0 Å². The normalized spacial score (nSPS) is 11.6. The zero-order valence-electron chi connectivity index (χ0n) is 19.7. The van der Waals surface area contributed by atoms with Gasteiger partial charge < -0.3 is 14.5 Å². The molecule has 0 radical (unpaired) electrons. The lowest BCUT2D eigenvalue weighted by atomic mass is 9.87. The molecule has 0 atom stereocenters. The lowest BCUT2D eigenvalue weighted by Crippen LogP contribution is -2.11. The average molecular weight is 454 g/mol. The number of carbonyl (C=O) groups is 2. The summed E-state index contributed by atoms with van der Waals surface area (Å²) < 4.78 is 11.0. The van der Waals surface area contributed by atoms with Gasteiger partial charge in [0.25, 0.3) is 0 Å². The Bertz CT molecular complexity index is 1350. The molecule has 0 spiro atoms. The molecule has 4 rings (SSSR count). The smallest absolute Gasteiger partial charge is 0.248 e. The Morgan fingerprint density at radius 1 is 0.912 bits per heavy atom. The largest absolute Gasteiger partial charge is 0.497 e. The quantitative estimate of drug-likeness (QED) is 0.263. The summed E-state index contributed by atoms with van der Waals surface area (Å²) in [4.78, 5) is 26.0. The third kappa shape index (κ3) is 4.94. The maximum Gasteiger partial charge on any atom is 0.248 e. The monoisotopic (exact) mass is 453 g/mol. The van der Waals surface area contributed by atoms with Crippen LogP contribution in [-0.2, 0) is 10.2 Å². The molecule has 34 heavy (non-hydrogen) atoms. The fourth-order valence-electron chi connectivity index (χ4n) is 3.63. The molecule has 3 aromatic carbocycles. The van der Waals surface area contributed by atoms with Crippen LogP contribution in [-0.4, -0.2) is 18.8 Å². The van der Waals surface area contributed by atoms with E-state index >= 15 is 0 Å². The second-order valence-corrected chi connectivity index (χ2v) is 9.05.